The van der Waals surface area contributed by atoms with Crippen molar-refractivity contribution in [3.63, 3.8) is 0 Å². The molecular weight excluding hydrogens is 334 g/mol. The maximum Gasteiger partial charge on any atom is 0.255 e. The fourth-order valence-corrected chi connectivity index (χ4v) is 4.57. The summed E-state index contributed by atoms with van der Waals surface area (Å²) < 4.78 is 0. The normalized spacial score (nSPS) is 19.4. The molecule has 0 bridgehead atoms. The molecular formula is C19H21N3O2S. The summed E-state index contributed by atoms with van der Waals surface area (Å²) in [5, 5.41) is 3.86. The Morgan fingerprint density at radius 2 is 1.72 bits per heavy atom. The molecule has 0 aromatic carbocycles. The van der Waals surface area contributed by atoms with Gasteiger partial charge in [-0.3, -0.25) is 14.6 Å². The molecule has 0 saturated carbocycles. The fourth-order valence-electron chi connectivity index (χ4n) is 3.94. The van der Waals surface area contributed by atoms with Crippen LogP contribution in [0.3, 0.4) is 0 Å². The van der Waals surface area contributed by atoms with Crippen LogP contribution < -0.4 is 0 Å². The van der Waals surface area contributed by atoms with Crippen LogP contribution in [0.1, 0.15) is 40.0 Å². The summed E-state index contributed by atoms with van der Waals surface area (Å²) in [6.07, 6.45) is 6.29. The van der Waals surface area contributed by atoms with Gasteiger partial charge in [-0.05, 0) is 48.3 Å². The zero-order valence-electron chi connectivity index (χ0n) is 14.1. The van der Waals surface area contributed by atoms with E-state index in [2.05, 4.69) is 4.98 Å². The number of carbonyl (C=O) groups excluding carboxylic acids is 2. The topological polar surface area (TPSA) is 53.5 Å². The lowest BCUT2D eigenvalue weighted by atomic mass is 9.77. The van der Waals surface area contributed by atoms with Crippen molar-refractivity contribution < 1.29 is 9.59 Å². The third-order valence-electron chi connectivity index (χ3n) is 5.51. The molecule has 4 heterocycles. The van der Waals surface area contributed by atoms with Gasteiger partial charge in [0.2, 0.25) is 0 Å². The fraction of sp³-hybridized carbons (Fsp3) is 0.421. The van der Waals surface area contributed by atoms with Crippen LogP contribution in [-0.2, 0) is 0 Å². The number of carbonyl (C=O) groups is 2. The number of amides is 2. The molecule has 2 aromatic rings. The highest BCUT2D eigenvalue weighted by Crippen LogP contribution is 2.41. The SMILES string of the molecule is O=C(c1ccsc1)N1CCC2(CC1)CCN(C(=O)c1cccnc1)C2. The number of hydrogen-bond acceptors (Lipinski definition) is 4. The Kier molecular flexibility index (Phi) is 4.29. The number of aromatic nitrogens is 1. The summed E-state index contributed by atoms with van der Waals surface area (Å²) >= 11 is 1.56. The van der Waals surface area contributed by atoms with Crippen molar-refractivity contribution in [2.45, 2.75) is 19.3 Å². The van der Waals surface area contributed by atoms with Crippen LogP contribution in [0.5, 0.6) is 0 Å². The second kappa shape index (κ2) is 6.59. The highest BCUT2D eigenvalue weighted by Gasteiger charge is 2.42. The van der Waals surface area contributed by atoms with Gasteiger partial charge in [0.15, 0.2) is 0 Å². The predicted octanol–water partition coefficient (Wildman–Crippen LogP) is 2.91. The second-order valence-corrected chi connectivity index (χ2v) is 7.80. The van der Waals surface area contributed by atoms with Gasteiger partial charge in [0, 0.05) is 44.0 Å². The quantitative estimate of drug-likeness (QED) is 0.832. The number of hydrogen-bond donors (Lipinski definition) is 0. The zero-order chi connectivity index (χ0) is 17.3. The minimum atomic E-state index is 0.0711. The third-order valence-corrected chi connectivity index (χ3v) is 6.20. The molecule has 0 aliphatic carbocycles. The lowest BCUT2D eigenvalue weighted by Gasteiger charge is -2.39. The van der Waals surface area contributed by atoms with Crippen molar-refractivity contribution in [1.82, 2.24) is 14.8 Å². The van der Waals surface area contributed by atoms with Crippen molar-refractivity contribution >= 4 is 23.2 Å². The number of piperidine rings is 1. The summed E-state index contributed by atoms with van der Waals surface area (Å²) in [6, 6.07) is 5.51. The van der Waals surface area contributed by atoms with E-state index >= 15 is 0 Å². The van der Waals surface area contributed by atoms with E-state index in [0.717, 1.165) is 51.0 Å². The summed E-state index contributed by atoms with van der Waals surface area (Å²) in [5.41, 5.74) is 1.62. The second-order valence-electron chi connectivity index (χ2n) is 7.02. The van der Waals surface area contributed by atoms with Crippen molar-refractivity contribution in [1.29, 1.82) is 0 Å². The maximum atomic E-state index is 12.6. The first-order valence-corrected chi connectivity index (χ1v) is 9.62. The van der Waals surface area contributed by atoms with E-state index in [4.69, 9.17) is 0 Å². The molecule has 2 amide bonds. The van der Waals surface area contributed by atoms with E-state index in [1.165, 1.54) is 0 Å². The number of pyridine rings is 1. The Labute approximate surface area is 151 Å². The van der Waals surface area contributed by atoms with Gasteiger partial charge in [-0.25, -0.2) is 0 Å². The van der Waals surface area contributed by atoms with Crippen molar-refractivity contribution in [3.8, 4) is 0 Å². The van der Waals surface area contributed by atoms with Crippen LogP contribution in [0, 0.1) is 5.41 Å². The monoisotopic (exact) mass is 355 g/mol. The standard InChI is InChI=1S/C19H21N3O2S/c23-17(15-2-1-7-20-12-15)22-10-6-19(14-22)4-8-21(9-5-19)18(24)16-3-11-25-13-16/h1-3,7,11-13H,4-6,8-10,14H2. The van der Waals surface area contributed by atoms with E-state index in [-0.39, 0.29) is 17.2 Å². The molecule has 130 valence electrons. The van der Waals surface area contributed by atoms with Gasteiger partial charge in [-0.15, -0.1) is 0 Å². The molecule has 6 heteroatoms. The predicted molar refractivity (Wildman–Crippen MR) is 96.6 cm³/mol. The van der Waals surface area contributed by atoms with Crippen molar-refractivity contribution in [2.24, 2.45) is 5.41 Å². The first-order valence-electron chi connectivity index (χ1n) is 8.68. The lowest BCUT2D eigenvalue weighted by molar-refractivity contribution is 0.0566. The molecule has 2 saturated heterocycles. The van der Waals surface area contributed by atoms with Gasteiger partial charge in [-0.1, -0.05) is 0 Å². The molecule has 1 spiro atoms. The van der Waals surface area contributed by atoms with Gasteiger partial charge >= 0.3 is 0 Å². The molecule has 2 aliphatic heterocycles. The Hall–Kier alpha value is -2.21. The molecule has 0 atom stereocenters. The molecule has 2 aromatic heterocycles. The molecule has 0 radical (unpaired) electrons. The average molecular weight is 355 g/mol. The number of rotatable bonds is 2. The maximum absolute atomic E-state index is 12.6. The number of thiophene rings is 1. The molecule has 0 unspecified atom stereocenters. The summed E-state index contributed by atoms with van der Waals surface area (Å²) in [5.74, 6) is 0.208. The van der Waals surface area contributed by atoms with E-state index in [1.54, 1.807) is 29.8 Å². The van der Waals surface area contributed by atoms with Crippen LogP contribution >= 0.6 is 11.3 Å². The van der Waals surface area contributed by atoms with Gasteiger partial charge < -0.3 is 9.80 Å². The van der Waals surface area contributed by atoms with E-state index < -0.39 is 0 Å². The van der Waals surface area contributed by atoms with Crippen LogP contribution in [-0.4, -0.2) is 52.8 Å². The van der Waals surface area contributed by atoms with Crippen LogP contribution in [0.4, 0.5) is 0 Å². The zero-order valence-corrected chi connectivity index (χ0v) is 14.9. The van der Waals surface area contributed by atoms with Crippen LogP contribution in [0.2, 0.25) is 0 Å². The Bertz CT molecular complexity index is 752. The Morgan fingerprint density at radius 3 is 2.36 bits per heavy atom. The average Bonchev–Trinajstić information content (AvgIpc) is 3.33. The van der Waals surface area contributed by atoms with E-state index in [1.807, 2.05) is 32.7 Å². The van der Waals surface area contributed by atoms with Gasteiger partial charge in [0.1, 0.15) is 0 Å². The minimum absolute atomic E-state index is 0.0711. The number of nitrogens with zero attached hydrogens (tertiary/aromatic N) is 3. The summed E-state index contributed by atoms with van der Waals surface area (Å²) in [7, 11) is 0. The molecule has 5 nitrogen and oxygen atoms in total. The highest BCUT2D eigenvalue weighted by atomic mass is 32.1. The molecule has 0 N–H and O–H groups in total. The van der Waals surface area contributed by atoms with Crippen molar-refractivity contribution in [2.75, 3.05) is 26.2 Å². The van der Waals surface area contributed by atoms with Gasteiger partial charge in [0.05, 0.1) is 11.1 Å². The lowest BCUT2D eigenvalue weighted by Crippen LogP contribution is -2.44. The molecule has 2 fully saturated rings. The van der Waals surface area contributed by atoms with Crippen molar-refractivity contribution in [3.05, 3.63) is 52.5 Å². The summed E-state index contributed by atoms with van der Waals surface area (Å²) in [6.45, 7) is 3.15. The Balaban J connectivity index is 1.37. The minimum Gasteiger partial charge on any atom is -0.339 e. The largest absolute Gasteiger partial charge is 0.339 e. The molecule has 2 aliphatic rings. The van der Waals surface area contributed by atoms with Crippen LogP contribution in [0.15, 0.2) is 41.4 Å². The van der Waals surface area contributed by atoms with Gasteiger partial charge in [-0.2, -0.15) is 11.3 Å². The smallest absolute Gasteiger partial charge is 0.255 e. The van der Waals surface area contributed by atoms with E-state index in [9.17, 15) is 9.59 Å². The first kappa shape index (κ1) is 16.3. The summed E-state index contributed by atoms with van der Waals surface area (Å²) in [4.78, 5) is 33.1. The Morgan fingerprint density at radius 1 is 1.00 bits per heavy atom. The van der Waals surface area contributed by atoms with E-state index in [0.29, 0.717) is 5.56 Å². The highest BCUT2D eigenvalue weighted by molar-refractivity contribution is 7.08. The van der Waals surface area contributed by atoms with Crippen LogP contribution in [0.25, 0.3) is 0 Å². The third kappa shape index (κ3) is 3.18. The first-order chi connectivity index (χ1) is 12.2. The molecule has 25 heavy (non-hydrogen) atoms. The van der Waals surface area contributed by atoms with Gasteiger partial charge in [0.25, 0.3) is 11.8 Å². The molecule has 4 rings (SSSR count). The number of likely N-dealkylation sites (tertiary alicyclic amines) is 2.